The summed E-state index contributed by atoms with van der Waals surface area (Å²) in [6, 6.07) is 6.94. The Morgan fingerprint density at radius 2 is 2.17 bits per heavy atom. The second-order valence-electron chi connectivity index (χ2n) is 4.16. The average molecular weight is 249 g/mol. The van der Waals surface area contributed by atoms with Crippen LogP contribution in [0.1, 0.15) is 12.8 Å². The largest absolute Gasteiger partial charge is 0.482 e. The van der Waals surface area contributed by atoms with E-state index in [1.165, 1.54) is 7.11 Å². The molecule has 1 aromatic carbocycles. The van der Waals surface area contributed by atoms with E-state index in [1.807, 2.05) is 0 Å². The van der Waals surface area contributed by atoms with Crippen molar-refractivity contribution in [3.63, 3.8) is 0 Å². The van der Waals surface area contributed by atoms with Crippen LogP contribution in [0.2, 0.25) is 0 Å². The Kier molecular flexibility index (Phi) is 3.82. The number of nitrogens with one attached hydrogen (secondary N) is 1. The molecule has 5 heteroatoms. The standard InChI is InChI=1S/C13H15NO4/c1-17-12(15)8-18-11-4-2-3-10(7-11)14-13(16)9-5-6-9/h2-4,7,9H,5-6,8H2,1H3,(H,14,16). The molecule has 2 rings (SSSR count). The van der Waals surface area contributed by atoms with Gasteiger partial charge in [0.25, 0.3) is 0 Å². The van der Waals surface area contributed by atoms with Crippen molar-refractivity contribution in [1.29, 1.82) is 0 Å². The third kappa shape index (κ3) is 3.48. The van der Waals surface area contributed by atoms with E-state index in [0.29, 0.717) is 11.4 Å². The summed E-state index contributed by atoms with van der Waals surface area (Å²) >= 11 is 0. The van der Waals surface area contributed by atoms with E-state index >= 15 is 0 Å². The van der Waals surface area contributed by atoms with Crippen LogP contribution in [0.15, 0.2) is 24.3 Å². The highest BCUT2D eigenvalue weighted by Crippen LogP contribution is 2.30. The first kappa shape index (κ1) is 12.4. The van der Waals surface area contributed by atoms with Crippen molar-refractivity contribution < 1.29 is 19.1 Å². The molecule has 1 saturated carbocycles. The minimum absolute atomic E-state index is 0.0418. The number of carbonyl (C=O) groups excluding carboxylic acids is 2. The number of ether oxygens (including phenoxy) is 2. The number of anilines is 1. The van der Waals surface area contributed by atoms with Crippen LogP contribution in [0, 0.1) is 5.92 Å². The van der Waals surface area contributed by atoms with Crippen LogP contribution in [0.25, 0.3) is 0 Å². The van der Waals surface area contributed by atoms with Crippen LogP contribution < -0.4 is 10.1 Å². The van der Waals surface area contributed by atoms with Crippen LogP contribution in [0.4, 0.5) is 5.69 Å². The fourth-order valence-corrected chi connectivity index (χ4v) is 1.45. The molecule has 0 unspecified atom stereocenters. The number of methoxy groups -OCH3 is 1. The van der Waals surface area contributed by atoms with Gasteiger partial charge in [0.05, 0.1) is 7.11 Å². The van der Waals surface area contributed by atoms with Crippen LogP contribution in [-0.4, -0.2) is 25.6 Å². The molecule has 0 radical (unpaired) electrons. The maximum Gasteiger partial charge on any atom is 0.343 e. The van der Waals surface area contributed by atoms with Crippen molar-refractivity contribution in [2.45, 2.75) is 12.8 Å². The molecule has 18 heavy (non-hydrogen) atoms. The predicted octanol–water partition coefficient (Wildman–Crippen LogP) is 1.59. The van der Waals surface area contributed by atoms with Crippen molar-refractivity contribution in [2.75, 3.05) is 19.0 Å². The van der Waals surface area contributed by atoms with E-state index in [4.69, 9.17) is 4.74 Å². The van der Waals surface area contributed by atoms with Crippen molar-refractivity contribution in [3.8, 4) is 5.75 Å². The maximum absolute atomic E-state index is 11.6. The third-order valence-electron chi connectivity index (χ3n) is 2.63. The molecule has 0 aromatic heterocycles. The van der Waals surface area contributed by atoms with Gasteiger partial charge >= 0.3 is 5.97 Å². The Bertz CT molecular complexity index is 454. The van der Waals surface area contributed by atoms with Gasteiger partial charge in [0, 0.05) is 17.7 Å². The molecular weight excluding hydrogens is 234 g/mol. The lowest BCUT2D eigenvalue weighted by atomic mass is 10.3. The Morgan fingerprint density at radius 3 is 2.83 bits per heavy atom. The SMILES string of the molecule is COC(=O)COc1cccc(NC(=O)C2CC2)c1. The molecule has 0 atom stereocenters. The zero-order valence-electron chi connectivity index (χ0n) is 10.1. The third-order valence-corrected chi connectivity index (χ3v) is 2.63. The highest BCUT2D eigenvalue weighted by atomic mass is 16.6. The van der Waals surface area contributed by atoms with Gasteiger partial charge in [-0.2, -0.15) is 0 Å². The molecule has 1 aliphatic rings. The van der Waals surface area contributed by atoms with Gasteiger partial charge in [-0.3, -0.25) is 4.79 Å². The lowest BCUT2D eigenvalue weighted by molar-refractivity contribution is -0.142. The topological polar surface area (TPSA) is 64.6 Å². The molecule has 1 amide bonds. The Labute approximate surface area is 105 Å². The number of hydrogen-bond acceptors (Lipinski definition) is 4. The van der Waals surface area contributed by atoms with Gasteiger partial charge in [0.1, 0.15) is 5.75 Å². The van der Waals surface area contributed by atoms with Gasteiger partial charge in [0.2, 0.25) is 5.91 Å². The Balaban J connectivity index is 1.91. The van der Waals surface area contributed by atoms with Crippen molar-refractivity contribution in [1.82, 2.24) is 0 Å². The molecule has 0 bridgehead atoms. The van der Waals surface area contributed by atoms with Crippen molar-refractivity contribution in [3.05, 3.63) is 24.3 Å². The predicted molar refractivity (Wildman–Crippen MR) is 65.3 cm³/mol. The molecule has 5 nitrogen and oxygen atoms in total. The lowest BCUT2D eigenvalue weighted by Gasteiger charge is -2.08. The maximum atomic E-state index is 11.6. The lowest BCUT2D eigenvalue weighted by Crippen LogP contribution is -2.14. The number of esters is 1. The number of carbonyl (C=O) groups is 2. The van der Waals surface area contributed by atoms with Crippen LogP contribution in [-0.2, 0) is 14.3 Å². The van der Waals surface area contributed by atoms with Gasteiger partial charge in [0.15, 0.2) is 6.61 Å². The normalized spacial score (nSPS) is 13.8. The van der Waals surface area contributed by atoms with Gasteiger partial charge in [-0.1, -0.05) is 6.07 Å². The summed E-state index contributed by atoms with van der Waals surface area (Å²) in [5, 5.41) is 2.81. The van der Waals surface area contributed by atoms with Gasteiger partial charge < -0.3 is 14.8 Å². The first-order valence-electron chi connectivity index (χ1n) is 5.79. The molecule has 0 aliphatic heterocycles. The molecule has 1 aromatic rings. The summed E-state index contributed by atoms with van der Waals surface area (Å²) in [5.74, 6) is 0.279. The summed E-state index contributed by atoms with van der Waals surface area (Å²) in [5.41, 5.74) is 0.675. The number of hydrogen-bond donors (Lipinski definition) is 1. The summed E-state index contributed by atoms with van der Waals surface area (Å²) < 4.78 is 9.70. The summed E-state index contributed by atoms with van der Waals surface area (Å²) in [6.45, 7) is -0.142. The molecule has 96 valence electrons. The van der Waals surface area contributed by atoms with E-state index < -0.39 is 5.97 Å². The van der Waals surface area contributed by atoms with Crippen LogP contribution in [0.3, 0.4) is 0 Å². The molecule has 0 saturated heterocycles. The number of rotatable bonds is 5. The molecule has 1 aliphatic carbocycles. The second kappa shape index (κ2) is 5.53. The Morgan fingerprint density at radius 1 is 1.39 bits per heavy atom. The number of benzene rings is 1. The van der Waals surface area contributed by atoms with Crippen molar-refractivity contribution >= 4 is 17.6 Å². The van der Waals surface area contributed by atoms with E-state index in [-0.39, 0.29) is 18.4 Å². The minimum atomic E-state index is -0.442. The molecule has 1 fully saturated rings. The molecule has 1 N–H and O–H groups in total. The zero-order valence-corrected chi connectivity index (χ0v) is 10.1. The zero-order chi connectivity index (χ0) is 13.0. The van der Waals surface area contributed by atoms with Crippen LogP contribution in [0.5, 0.6) is 5.75 Å². The first-order chi connectivity index (χ1) is 8.69. The fraction of sp³-hybridized carbons (Fsp3) is 0.385. The summed E-state index contributed by atoms with van der Waals surface area (Å²) in [7, 11) is 1.30. The molecule has 0 spiro atoms. The monoisotopic (exact) mass is 249 g/mol. The highest BCUT2D eigenvalue weighted by Gasteiger charge is 2.29. The van der Waals surface area contributed by atoms with Crippen LogP contribution >= 0.6 is 0 Å². The van der Waals surface area contributed by atoms with Crippen molar-refractivity contribution in [2.24, 2.45) is 5.92 Å². The van der Waals surface area contributed by atoms with E-state index in [0.717, 1.165) is 12.8 Å². The van der Waals surface area contributed by atoms with Gasteiger partial charge in [-0.25, -0.2) is 4.79 Å². The quantitative estimate of drug-likeness (QED) is 0.805. The van der Waals surface area contributed by atoms with E-state index in [2.05, 4.69) is 10.1 Å². The first-order valence-corrected chi connectivity index (χ1v) is 5.79. The van der Waals surface area contributed by atoms with Gasteiger partial charge in [-0.05, 0) is 25.0 Å². The minimum Gasteiger partial charge on any atom is -0.482 e. The summed E-state index contributed by atoms with van der Waals surface area (Å²) in [4.78, 5) is 22.5. The fourth-order valence-electron chi connectivity index (χ4n) is 1.45. The molecular formula is C13H15NO4. The van der Waals surface area contributed by atoms with E-state index in [9.17, 15) is 9.59 Å². The Hall–Kier alpha value is -2.04. The highest BCUT2D eigenvalue weighted by molar-refractivity contribution is 5.94. The smallest absolute Gasteiger partial charge is 0.343 e. The van der Waals surface area contributed by atoms with E-state index in [1.54, 1.807) is 24.3 Å². The number of amides is 1. The average Bonchev–Trinajstić information content (AvgIpc) is 3.20. The second-order valence-corrected chi connectivity index (χ2v) is 4.16. The molecule has 0 heterocycles. The summed E-state index contributed by atoms with van der Waals surface area (Å²) in [6.07, 6.45) is 1.93. The van der Waals surface area contributed by atoms with Gasteiger partial charge in [-0.15, -0.1) is 0 Å².